The Hall–Kier alpha value is -4.25. The number of H-pyrrole nitrogens is 1. The Morgan fingerprint density at radius 3 is 2.47 bits per heavy atom. The number of rotatable bonds is 5. The lowest BCUT2D eigenvalue weighted by atomic mass is 9.98. The van der Waals surface area contributed by atoms with E-state index in [4.69, 9.17) is 9.47 Å². The number of morpholine rings is 1. The van der Waals surface area contributed by atoms with Crippen LogP contribution in [0.3, 0.4) is 0 Å². The second kappa shape index (κ2) is 8.94. The molecule has 174 valence electrons. The number of hydrogen-bond donors (Lipinski definition) is 3. The molecular weight excluding hydrogens is 442 g/mol. The van der Waals surface area contributed by atoms with Crippen molar-refractivity contribution in [3.63, 3.8) is 0 Å². The molecule has 1 aromatic heterocycles. The lowest BCUT2D eigenvalue weighted by molar-refractivity contribution is -0.147. The van der Waals surface area contributed by atoms with Crippen LogP contribution >= 0.6 is 0 Å². The molecule has 1 aliphatic carbocycles. The largest absolute Gasteiger partial charge is 0.480 e. The molecule has 11 nitrogen and oxygen atoms in total. The number of carbonyl (C=O) groups excluding carboxylic acids is 2. The molecule has 5 rings (SSSR count). The molecule has 3 aromatic rings. The summed E-state index contributed by atoms with van der Waals surface area (Å²) in [4.78, 5) is 41.6. The Labute approximate surface area is 193 Å². The number of aliphatic carboxylic acids is 1. The van der Waals surface area contributed by atoms with Gasteiger partial charge in [0.2, 0.25) is 5.82 Å². The van der Waals surface area contributed by atoms with Crippen molar-refractivity contribution in [2.45, 2.75) is 12.0 Å². The van der Waals surface area contributed by atoms with Crippen LogP contribution in [0.1, 0.15) is 27.7 Å². The standard InChI is InChI=1S/C23H21N5O6/c29-20(28-9-10-33-12-18(28)21(30)31)19-24-22(27-26-19)25-23(32)34-11-17-15-7-3-1-5-13(15)14-6-2-4-8-16(14)17/h1-8,17-18H,9-12H2,(H,30,31)(H2,24,25,26,27,32). The molecule has 1 atom stereocenters. The van der Waals surface area contributed by atoms with Gasteiger partial charge in [-0.1, -0.05) is 48.5 Å². The van der Waals surface area contributed by atoms with Crippen LogP contribution in [-0.2, 0) is 14.3 Å². The number of carbonyl (C=O) groups is 3. The summed E-state index contributed by atoms with van der Waals surface area (Å²) in [6.07, 6.45) is -0.769. The SMILES string of the molecule is O=C(Nc1n[nH]c(C(=O)N2CCOCC2C(=O)O)n1)OCC1c2ccccc2-c2ccccc21. The lowest BCUT2D eigenvalue weighted by Gasteiger charge is -2.31. The summed E-state index contributed by atoms with van der Waals surface area (Å²) in [6.45, 7) is 0.324. The Balaban J connectivity index is 1.23. The Morgan fingerprint density at radius 2 is 1.79 bits per heavy atom. The van der Waals surface area contributed by atoms with Crippen LogP contribution in [0.4, 0.5) is 10.7 Å². The third-order valence-corrected chi connectivity index (χ3v) is 5.92. The molecule has 3 N–H and O–H groups in total. The van der Waals surface area contributed by atoms with Crippen LogP contribution in [0.25, 0.3) is 11.1 Å². The van der Waals surface area contributed by atoms with E-state index in [1.165, 1.54) is 0 Å². The van der Waals surface area contributed by atoms with Gasteiger partial charge in [-0.15, -0.1) is 5.10 Å². The van der Waals surface area contributed by atoms with Crippen molar-refractivity contribution in [1.29, 1.82) is 0 Å². The highest BCUT2D eigenvalue weighted by molar-refractivity contribution is 5.94. The van der Waals surface area contributed by atoms with Crippen LogP contribution < -0.4 is 5.32 Å². The summed E-state index contributed by atoms with van der Waals surface area (Å²) in [5.74, 6) is -2.27. The summed E-state index contributed by atoms with van der Waals surface area (Å²) in [5.41, 5.74) is 4.40. The van der Waals surface area contributed by atoms with Crippen molar-refractivity contribution in [2.75, 3.05) is 31.7 Å². The van der Waals surface area contributed by atoms with E-state index in [1.807, 2.05) is 48.5 Å². The Kier molecular flexibility index (Phi) is 5.68. The first-order valence-electron chi connectivity index (χ1n) is 10.7. The summed E-state index contributed by atoms with van der Waals surface area (Å²) >= 11 is 0. The molecule has 1 unspecified atom stereocenters. The maximum Gasteiger partial charge on any atom is 0.414 e. The zero-order chi connectivity index (χ0) is 23.7. The third kappa shape index (κ3) is 3.97. The van der Waals surface area contributed by atoms with Crippen molar-refractivity contribution in [2.24, 2.45) is 0 Å². The second-order valence-electron chi connectivity index (χ2n) is 7.89. The van der Waals surface area contributed by atoms with Gasteiger partial charge in [0.25, 0.3) is 11.9 Å². The molecule has 1 fully saturated rings. The van der Waals surface area contributed by atoms with Crippen molar-refractivity contribution in [3.05, 3.63) is 65.5 Å². The van der Waals surface area contributed by atoms with E-state index in [0.717, 1.165) is 27.2 Å². The van der Waals surface area contributed by atoms with E-state index < -0.39 is 24.0 Å². The number of nitrogens with zero attached hydrogens (tertiary/aromatic N) is 3. The lowest BCUT2D eigenvalue weighted by Crippen LogP contribution is -2.52. The fourth-order valence-electron chi connectivity index (χ4n) is 4.33. The second-order valence-corrected chi connectivity index (χ2v) is 7.89. The monoisotopic (exact) mass is 463 g/mol. The third-order valence-electron chi connectivity index (χ3n) is 5.92. The fraction of sp³-hybridized carbons (Fsp3) is 0.261. The van der Waals surface area contributed by atoms with Gasteiger partial charge in [0.1, 0.15) is 6.61 Å². The average Bonchev–Trinajstić information content (AvgIpc) is 3.45. The number of carboxylic acid groups (broad SMARTS) is 1. The summed E-state index contributed by atoms with van der Waals surface area (Å²) in [5, 5.41) is 18.0. The van der Waals surface area contributed by atoms with Gasteiger partial charge in [-0.05, 0) is 22.3 Å². The molecule has 2 aromatic carbocycles. The molecular formula is C23H21N5O6. The van der Waals surface area contributed by atoms with Crippen molar-refractivity contribution < 1.29 is 29.0 Å². The highest BCUT2D eigenvalue weighted by Gasteiger charge is 2.35. The van der Waals surface area contributed by atoms with Crippen molar-refractivity contribution >= 4 is 23.9 Å². The van der Waals surface area contributed by atoms with Gasteiger partial charge in [-0.3, -0.25) is 15.2 Å². The summed E-state index contributed by atoms with van der Waals surface area (Å²) in [6, 6.07) is 14.9. The normalized spacial score (nSPS) is 17.1. The van der Waals surface area contributed by atoms with E-state index in [9.17, 15) is 19.5 Å². The van der Waals surface area contributed by atoms with E-state index in [0.29, 0.717) is 0 Å². The summed E-state index contributed by atoms with van der Waals surface area (Å²) < 4.78 is 10.6. The predicted molar refractivity (Wildman–Crippen MR) is 118 cm³/mol. The van der Waals surface area contributed by atoms with Gasteiger partial charge in [0, 0.05) is 12.5 Å². The van der Waals surface area contributed by atoms with Gasteiger partial charge >= 0.3 is 12.1 Å². The number of aromatic nitrogens is 3. The number of aromatic amines is 1. The number of anilines is 1. The van der Waals surface area contributed by atoms with Gasteiger partial charge in [-0.25, -0.2) is 9.59 Å². The van der Waals surface area contributed by atoms with Crippen LogP contribution in [0.15, 0.2) is 48.5 Å². The Morgan fingerprint density at radius 1 is 1.12 bits per heavy atom. The van der Waals surface area contributed by atoms with Crippen LogP contribution in [0.2, 0.25) is 0 Å². The fourth-order valence-corrected chi connectivity index (χ4v) is 4.33. The highest BCUT2D eigenvalue weighted by atomic mass is 16.5. The molecule has 2 aliphatic rings. The molecule has 2 amide bonds. The maximum absolute atomic E-state index is 12.7. The molecule has 0 bridgehead atoms. The topological polar surface area (TPSA) is 147 Å². The number of fused-ring (bicyclic) bond motifs is 3. The first-order valence-corrected chi connectivity index (χ1v) is 10.7. The van der Waals surface area contributed by atoms with E-state index in [-0.39, 0.29) is 44.1 Å². The van der Waals surface area contributed by atoms with Crippen molar-refractivity contribution in [3.8, 4) is 11.1 Å². The predicted octanol–water partition coefficient (Wildman–Crippen LogP) is 2.09. The number of carboxylic acids is 1. The minimum absolute atomic E-state index is 0.100. The first-order chi connectivity index (χ1) is 16.5. The van der Waals surface area contributed by atoms with Gasteiger partial charge < -0.3 is 19.5 Å². The smallest absolute Gasteiger partial charge is 0.414 e. The number of benzene rings is 2. The van der Waals surface area contributed by atoms with E-state index >= 15 is 0 Å². The molecule has 0 spiro atoms. The zero-order valence-electron chi connectivity index (χ0n) is 17.9. The Bertz CT molecular complexity index is 1210. The first kappa shape index (κ1) is 21.6. The molecule has 11 heteroatoms. The van der Waals surface area contributed by atoms with Crippen molar-refractivity contribution in [1.82, 2.24) is 20.1 Å². The quantitative estimate of drug-likeness (QED) is 0.521. The van der Waals surface area contributed by atoms with Crippen LogP contribution in [-0.4, -0.2) is 75.6 Å². The summed E-state index contributed by atoms with van der Waals surface area (Å²) in [7, 11) is 0. The number of hydrogen-bond acceptors (Lipinski definition) is 7. The minimum Gasteiger partial charge on any atom is -0.480 e. The van der Waals surface area contributed by atoms with E-state index in [2.05, 4.69) is 20.5 Å². The van der Waals surface area contributed by atoms with Gasteiger partial charge in [0.05, 0.1) is 13.2 Å². The molecule has 1 saturated heterocycles. The number of amides is 2. The molecule has 2 heterocycles. The van der Waals surface area contributed by atoms with Gasteiger partial charge in [0.15, 0.2) is 6.04 Å². The van der Waals surface area contributed by atoms with E-state index in [1.54, 1.807) is 0 Å². The van der Waals surface area contributed by atoms with Crippen LogP contribution in [0.5, 0.6) is 0 Å². The average molecular weight is 463 g/mol. The molecule has 0 saturated carbocycles. The molecule has 34 heavy (non-hydrogen) atoms. The van der Waals surface area contributed by atoms with Crippen LogP contribution in [0, 0.1) is 0 Å². The maximum atomic E-state index is 12.7. The highest BCUT2D eigenvalue weighted by Crippen LogP contribution is 2.44. The number of ether oxygens (including phenoxy) is 2. The van der Waals surface area contributed by atoms with Gasteiger partial charge in [-0.2, -0.15) is 4.98 Å². The minimum atomic E-state index is -1.18. The number of nitrogens with one attached hydrogen (secondary N) is 2. The molecule has 0 radical (unpaired) electrons. The molecule has 1 aliphatic heterocycles. The zero-order valence-corrected chi connectivity index (χ0v) is 17.9.